The van der Waals surface area contributed by atoms with Crippen molar-refractivity contribution in [2.75, 3.05) is 6.54 Å². The fourth-order valence-electron chi connectivity index (χ4n) is 4.17. The molecule has 194 valence electrons. The standard InChI is InChI=1S/C25H36BN5O5/c1-16(2)11-22(26(34)35)28-24(33)25(12-19-9-7-6-8-10-19)13-20(30-36-25)14-27-23(32)21-15-31(17(3)4)29-18(21)5/h6-10,15-17,22,34-35H,11-14H2,1-5H3,(H,27,32)(H,28,33). The molecule has 0 aliphatic carbocycles. The fourth-order valence-corrected chi connectivity index (χ4v) is 4.17. The van der Waals surface area contributed by atoms with Gasteiger partial charge in [0.05, 0.1) is 29.5 Å². The van der Waals surface area contributed by atoms with E-state index in [2.05, 4.69) is 20.9 Å². The lowest BCUT2D eigenvalue weighted by molar-refractivity contribution is -0.144. The number of amides is 2. The predicted octanol–water partition coefficient (Wildman–Crippen LogP) is 1.80. The van der Waals surface area contributed by atoms with Gasteiger partial charge >= 0.3 is 7.12 Å². The van der Waals surface area contributed by atoms with E-state index in [1.807, 2.05) is 58.0 Å². The molecule has 0 fully saturated rings. The lowest BCUT2D eigenvalue weighted by Crippen LogP contribution is -2.56. The van der Waals surface area contributed by atoms with Crippen LogP contribution >= 0.6 is 0 Å². The van der Waals surface area contributed by atoms with E-state index in [-0.39, 0.29) is 37.3 Å². The summed E-state index contributed by atoms with van der Waals surface area (Å²) in [5.74, 6) is -1.48. The number of rotatable bonds is 11. The molecule has 1 aromatic carbocycles. The molecule has 0 saturated heterocycles. The third kappa shape index (κ3) is 6.73. The molecule has 2 aromatic rings. The zero-order valence-corrected chi connectivity index (χ0v) is 21.6. The number of oxime groups is 1. The highest BCUT2D eigenvalue weighted by molar-refractivity contribution is 6.43. The van der Waals surface area contributed by atoms with Gasteiger partial charge in [-0.1, -0.05) is 49.3 Å². The van der Waals surface area contributed by atoms with E-state index >= 15 is 0 Å². The molecular weight excluding hydrogens is 461 g/mol. The number of nitrogens with one attached hydrogen (secondary N) is 2. The van der Waals surface area contributed by atoms with Crippen molar-refractivity contribution in [1.82, 2.24) is 20.4 Å². The fraction of sp³-hybridized carbons (Fsp3) is 0.520. The van der Waals surface area contributed by atoms with Crippen molar-refractivity contribution in [1.29, 1.82) is 0 Å². The summed E-state index contributed by atoms with van der Waals surface area (Å²) in [4.78, 5) is 32.0. The topological polar surface area (TPSA) is 138 Å². The summed E-state index contributed by atoms with van der Waals surface area (Å²) < 4.78 is 1.73. The van der Waals surface area contributed by atoms with E-state index in [0.29, 0.717) is 23.4 Å². The third-order valence-electron chi connectivity index (χ3n) is 6.13. The second kappa shape index (κ2) is 11.7. The van der Waals surface area contributed by atoms with Crippen LogP contribution in [-0.2, 0) is 16.1 Å². The minimum Gasteiger partial charge on any atom is -0.426 e. The first kappa shape index (κ1) is 27.4. The highest BCUT2D eigenvalue weighted by atomic mass is 16.7. The van der Waals surface area contributed by atoms with Crippen LogP contribution in [0.5, 0.6) is 0 Å². The summed E-state index contributed by atoms with van der Waals surface area (Å²) >= 11 is 0. The number of carbonyl (C=O) groups is 2. The van der Waals surface area contributed by atoms with Gasteiger partial charge in [-0.2, -0.15) is 5.10 Å². The monoisotopic (exact) mass is 497 g/mol. The van der Waals surface area contributed by atoms with Gasteiger partial charge in [-0.05, 0) is 38.7 Å². The van der Waals surface area contributed by atoms with Crippen LogP contribution in [0, 0.1) is 12.8 Å². The molecule has 2 unspecified atom stereocenters. The van der Waals surface area contributed by atoms with Crippen LogP contribution < -0.4 is 10.6 Å². The molecule has 10 nitrogen and oxygen atoms in total. The Hall–Kier alpha value is -3.18. The average Bonchev–Trinajstić information content (AvgIpc) is 3.42. The Morgan fingerprint density at radius 1 is 1.19 bits per heavy atom. The van der Waals surface area contributed by atoms with Crippen molar-refractivity contribution < 1.29 is 24.5 Å². The average molecular weight is 497 g/mol. The van der Waals surface area contributed by atoms with Gasteiger partial charge in [0, 0.05) is 25.1 Å². The number of hydrogen-bond donors (Lipinski definition) is 4. The van der Waals surface area contributed by atoms with Crippen molar-refractivity contribution >= 4 is 24.6 Å². The molecule has 0 bridgehead atoms. The van der Waals surface area contributed by atoms with E-state index in [0.717, 1.165) is 5.56 Å². The summed E-state index contributed by atoms with van der Waals surface area (Å²) in [7, 11) is -1.71. The smallest absolute Gasteiger partial charge is 0.426 e. The largest absolute Gasteiger partial charge is 0.475 e. The number of aromatic nitrogens is 2. The minimum atomic E-state index is -1.71. The Morgan fingerprint density at radius 3 is 2.47 bits per heavy atom. The van der Waals surface area contributed by atoms with Gasteiger partial charge < -0.3 is 25.5 Å². The van der Waals surface area contributed by atoms with Crippen LogP contribution in [0.4, 0.5) is 0 Å². The van der Waals surface area contributed by atoms with E-state index in [4.69, 9.17) is 4.84 Å². The quantitative estimate of drug-likeness (QED) is 0.350. The first-order valence-electron chi connectivity index (χ1n) is 12.3. The number of carbonyl (C=O) groups excluding carboxylic acids is 2. The summed E-state index contributed by atoms with van der Waals surface area (Å²) in [5, 5.41) is 33.7. The van der Waals surface area contributed by atoms with Crippen molar-refractivity contribution in [2.45, 2.75) is 71.5 Å². The van der Waals surface area contributed by atoms with Gasteiger partial charge in [0.2, 0.25) is 5.60 Å². The normalized spacial score (nSPS) is 18.1. The summed E-state index contributed by atoms with van der Waals surface area (Å²) in [6.07, 6.45) is 2.48. The lowest BCUT2D eigenvalue weighted by atomic mass is 9.74. The second-order valence-corrected chi connectivity index (χ2v) is 10.1. The Morgan fingerprint density at radius 2 is 1.89 bits per heavy atom. The number of benzene rings is 1. The molecule has 36 heavy (non-hydrogen) atoms. The van der Waals surface area contributed by atoms with Gasteiger partial charge in [0.15, 0.2) is 0 Å². The van der Waals surface area contributed by atoms with Crippen LogP contribution in [0.1, 0.15) is 68.2 Å². The first-order valence-corrected chi connectivity index (χ1v) is 12.3. The van der Waals surface area contributed by atoms with E-state index in [9.17, 15) is 19.6 Å². The van der Waals surface area contributed by atoms with Crippen LogP contribution in [-0.4, -0.2) is 62.6 Å². The van der Waals surface area contributed by atoms with Crippen molar-refractivity contribution in [2.24, 2.45) is 11.1 Å². The number of hydrogen-bond acceptors (Lipinski definition) is 7. The molecule has 3 rings (SSSR count). The van der Waals surface area contributed by atoms with Gasteiger partial charge in [0.1, 0.15) is 0 Å². The highest BCUT2D eigenvalue weighted by Crippen LogP contribution is 2.29. The first-order chi connectivity index (χ1) is 17.0. The molecule has 1 aliphatic heterocycles. The number of aryl methyl sites for hydroxylation is 1. The zero-order chi connectivity index (χ0) is 26.5. The molecular formula is C25H36BN5O5. The molecule has 4 N–H and O–H groups in total. The second-order valence-electron chi connectivity index (χ2n) is 10.1. The Bertz CT molecular complexity index is 1090. The molecule has 1 aliphatic rings. The minimum absolute atomic E-state index is 0.104. The van der Waals surface area contributed by atoms with Crippen LogP contribution in [0.3, 0.4) is 0 Å². The summed E-state index contributed by atoms with van der Waals surface area (Å²) in [6.45, 7) is 9.72. The summed E-state index contributed by atoms with van der Waals surface area (Å²) in [5.41, 5.74) is 1.11. The van der Waals surface area contributed by atoms with Crippen LogP contribution in [0.2, 0.25) is 0 Å². The lowest BCUT2D eigenvalue weighted by Gasteiger charge is -2.29. The van der Waals surface area contributed by atoms with Gasteiger partial charge in [-0.15, -0.1) is 0 Å². The highest BCUT2D eigenvalue weighted by Gasteiger charge is 2.48. The maximum atomic E-state index is 13.5. The molecule has 2 atom stereocenters. The maximum Gasteiger partial charge on any atom is 0.475 e. The molecule has 0 saturated carbocycles. The van der Waals surface area contributed by atoms with Gasteiger partial charge in [0.25, 0.3) is 11.8 Å². The van der Waals surface area contributed by atoms with Crippen molar-refractivity contribution in [3.63, 3.8) is 0 Å². The van der Waals surface area contributed by atoms with Gasteiger partial charge in [-0.3, -0.25) is 14.3 Å². The number of nitrogens with zero attached hydrogens (tertiary/aromatic N) is 3. The predicted molar refractivity (Wildman–Crippen MR) is 137 cm³/mol. The van der Waals surface area contributed by atoms with E-state index in [1.54, 1.807) is 17.8 Å². The van der Waals surface area contributed by atoms with Crippen molar-refractivity contribution in [3.8, 4) is 0 Å². The van der Waals surface area contributed by atoms with E-state index < -0.39 is 24.6 Å². The summed E-state index contributed by atoms with van der Waals surface area (Å²) in [6, 6.07) is 9.53. The maximum absolute atomic E-state index is 13.5. The Labute approximate surface area is 212 Å². The third-order valence-corrected chi connectivity index (χ3v) is 6.13. The molecule has 2 amide bonds. The van der Waals surface area contributed by atoms with Crippen LogP contribution in [0.25, 0.3) is 0 Å². The Kier molecular flexibility index (Phi) is 8.91. The molecule has 0 spiro atoms. The SMILES string of the molecule is Cc1nn(C(C)C)cc1C(=O)NCC1=NOC(Cc2ccccc2)(C(=O)NC(CC(C)C)B(O)O)C1. The van der Waals surface area contributed by atoms with Crippen LogP contribution in [0.15, 0.2) is 41.7 Å². The molecule has 1 aromatic heterocycles. The zero-order valence-electron chi connectivity index (χ0n) is 21.6. The van der Waals surface area contributed by atoms with Gasteiger partial charge in [-0.25, -0.2) is 0 Å². The Balaban J connectivity index is 1.73. The molecule has 11 heteroatoms. The van der Waals surface area contributed by atoms with E-state index in [1.165, 1.54) is 0 Å². The molecule has 0 radical (unpaired) electrons. The molecule has 2 heterocycles. The van der Waals surface area contributed by atoms with Crippen molar-refractivity contribution in [3.05, 3.63) is 53.3 Å².